The van der Waals surface area contributed by atoms with Crippen LogP contribution in [0.15, 0.2) is 48.5 Å². The van der Waals surface area contributed by atoms with Crippen LogP contribution in [0.5, 0.6) is 17.2 Å². The number of allylic oxidation sites excluding steroid dienone is 1. The lowest BCUT2D eigenvalue weighted by molar-refractivity contribution is 0.104. The second kappa shape index (κ2) is 19.4. The molecule has 37 heavy (non-hydrogen) atoms. The molecule has 2 aromatic rings. The summed E-state index contributed by atoms with van der Waals surface area (Å²) in [5, 5.41) is 0. The molecule has 0 aliphatic rings. The third-order valence-corrected chi connectivity index (χ3v) is 6.30. The molecule has 4 heteroatoms. The van der Waals surface area contributed by atoms with Gasteiger partial charge in [0.25, 0.3) is 0 Å². The molecule has 0 radical (unpaired) electrons. The van der Waals surface area contributed by atoms with Crippen LogP contribution in [0.1, 0.15) is 114 Å². The van der Waals surface area contributed by atoms with E-state index in [1.54, 1.807) is 6.08 Å². The third kappa shape index (κ3) is 12.9. The highest BCUT2D eigenvalue weighted by atomic mass is 16.5. The molecule has 0 amide bonds. The average Bonchev–Trinajstić information content (AvgIpc) is 2.92. The number of carbonyl (C=O) groups excluding carboxylic acids is 1. The van der Waals surface area contributed by atoms with Gasteiger partial charge in [-0.3, -0.25) is 4.79 Å². The maximum atomic E-state index is 13.0. The van der Waals surface area contributed by atoms with Gasteiger partial charge in [0.15, 0.2) is 5.78 Å². The molecule has 0 aromatic heterocycles. The quantitative estimate of drug-likeness (QED) is 0.0957. The highest BCUT2D eigenvalue weighted by Crippen LogP contribution is 2.27. The minimum atomic E-state index is -0.0591. The molecule has 0 atom stereocenters. The maximum Gasteiger partial charge on any atom is 0.185 e. The van der Waals surface area contributed by atoms with Gasteiger partial charge in [0.1, 0.15) is 17.2 Å². The third-order valence-electron chi connectivity index (χ3n) is 6.30. The first-order valence-electron chi connectivity index (χ1n) is 14.5. The van der Waals surface area contributed by atoms with Crippen LogP contribution in [-0.4, -0.2) is 25.6 Å². The fourth-order valence-corrected chi connectivity index (χ4v) is 4.03. The largest absolute Gasteiger partial charge is 0.494 e. The maximum absolute atomic E-state index is 13.0. The summed E-state index contributed by atoms with van der Waals surface area (Å²) in [4.78, 5) is 13.0. The van der Waals surface area contributed by atoms with E-state index in [-0.39, 0.29) is 5.78 Å². The summed E-state index contributed by atoms with van der Waals surface area (Å²) < 4.78 is 17.9. The van der Waals surface area contributed by atoms with Gasteiger partial charge in [-0.25, -0.2) is 0 Å². The summed E-state index contributed by atoms with van der Waals surface area (Å²) in [7, 11) is 0. The number of unbranched alkanes of at least 4 members (excludes halogenated alkanes) is 9. The van der Waals surface area contributed by atoms with Gasteiger partial charge < -0.3 is 14.2 Å². The Kier molecular flexibility index (Phi) is 16.0. The van der Waals surface area contributed by atoms with Gasteiger partial charge in [0.2, 0.25) is 0 Å². The minimum Gasteiger partial charge on any atom is -0.494 e. The van der Waals surface area contributed by atoms with Crippen molar-refractivity contribution in [1.82, 2.24) is 0 Å². The van der Waals surface area contributed by atoms with Crippen molar-refractivity contribution in [3.8, 4) is 17.2 Å². The van der Waals surface area contributed by atoms with Crippen molar-refractivity contribution < 1.29 is 19.0 Å². The van der Waals surface area contributed by atoms with E-state index in [0.717, 1.165) is 48.5 Å². The van der Waals surface area contributed by atoms with Crippen LogP contribution in [0, 0.1) is 0 Å². The molecular weight excluding hydrogens is 460 g/mol. The Morgan fingerprint density at radius 1 is 0.649 bits per heavy atom. The lowest BCUT2D eigenvalue weighted by atomic mass is 10.1. The Morgan fingerprint density at radius 2 is 1.22 bits per heavy atom. The van der Waals surface area contributed by atoms with E-state index in [0.29, 0.717) is 25.4 Å². The zero-order chi connectivity index (χ0) is 26.6. The Morgan fingerprint density at radius 3 is 1.81 bits per heavy atom. The predicted molar refractivity (Wildman–Crippen MR) is 155 cm³/mol. The fraction of sp³-hybridized carbons (Fsp3) is 0.545. The van der Waals surface area contributed by atoms with Gasteiger partial charge >= 0.3 is 0 Å². The first-order chi connectivity index (χ1) is 18.2. The molecule has 0 aliphatic heterocycles. The van der Waals surface area contributed by atoms with Crippen molar-refractivity contribution in [2.45, 2.75) is 97.8 Å². The molecule has 204 valence electrons. The lowest BCUT2D eigenvalue weighted by Crippen LogP contribution is -2.01. The summed E-state index contributed by atoms with van der Waals surface area (Å²) >= 11 is 0. The standard InChI is InChI=1S/C33H48O4/c1-4-7-10-13-23-35-30-18-16-17-28(26-30)32(34)21-19-29-27-31(36-24-14-11-8-5-2)20-22-33(29)37-25-15-12-9-6-3/h16-22,26-27H,4-15,23-25H2,1-3H3/b21-19+. The SMILES string of the molecule is CCCCCCOc1cccc(C(=O)/C=C/c2cc(OCCCCCC)ccc2OCCCCCC)c1. The lowest BCUT2D eigenvalue weighted by Gasteiger charge is -2.12. The number of rotatable bonds is 21. The molecule has 0 aliphatic carbocycles. The fourth-order valence-electron chi connectivity index (χ4n) is 4.03. The van der Waals surface area contributed by atoms with Crippen LogP contribution in [0.3, 0.4) is 0 Å². The number of ketones is 1. The predicted octanol–water partition coefficient (Wildman–Crippen LogP) is 9.46. The molecule has 0 bridgehead atoms. The van der Waals surface area contributed by atoms with E-state index in [9.17, 15) is 4.79 Å². The topological polar surface area (TPSA) is 44.8 Å². The Bertz CT molecular complexity index is 918. The van der Waals surface area contributed by atoms with Crippen molar-refractivity contribution in [2.75, 3.05) is 19.8 Å². The number of hydrogen-bond donors (Lipinski definition) is 0. The first kappa shape index (κ1) is 30.5. The second-order valence-corrected chi connectivity index (χ2v) is 9.65. The van der Waals surface area contributed by atoms with Crippen LogP contribution >= 0.6 is 0 Å². The van der Waals surface area contributed by atoms with Gasteiger partial charge in [-0.2, -0.15) is 0 Å². The molecule has 0 saturated heterocycles. The van der Waals surface area contributed by atoms with Crippen molar-refractivity contribution in [1.29, 1.82) is 0 Å². The normalized spacial score (nSPS) is 11.1. The Labute approximate surface area is 225 Å². The van der Waals surface area contributed by atoms with Crippen LogP contribution < -0.4 is 14.2 Å². The average molecular weight is 509 g/mol. The molecule has 0 heterocycles. The number of ether oxygens (including phenoxy) is 3. The first-order valence-corrected chi connectivity index (χ1v) is 14.5. The van der Waals surface area contributed by atoms with Crippen LogP contribution in [-0.2, 0) is 0 Å². The van der Waals surface area contributed by atoms with Crippen LogP contribution in [0.2, 0.25) is 0 Å². The van der Waals surface area contributed by atoms with Crippen molar-refractivity contribution in [2.24, 2.45) is 0 Å². The van der Waals surface area contributed by atoms with Crippen LogP contribution in [0.4, 0.5) is 0 Å². The van der Waals surface area contributed by atoms with E-state index in [2.05, 4.69) is 20.8 Å². The number of hydrogen-bond acceptors (Lipinski definition) is 4. The molecular formula is C33H48O4. The summed E-state index contributed by atoms with van der Waals surface area (Å²) in [6.45, 7) is 8.66. The smallest absolute Gasteiger partial charge is 0.185 e. The van der Waals surface area contributed by atoms with Gasteiger partial charge in [0, 0.05) is 11.1 Å². The van der Waals surface area contributed by atoms with Crippen molar-refractivity contribution in [3.05, 3.63) is 59.7 Å². The molecule has 0 N–H and O–H groups in total. The molecule has 0 spiro atoms. The van der Waals surface area contributed by atoms with Gasteiger partial charge in [-0.15, -0.1) is 0 Å². The van der Waals surface area contributed by atoms with E-state index >= 15 is 0 Å². The molecule has 0 saturated carbocycles. The molecule has 2 aromatic carbocycles. The van der Waals surface area contributed by atoms with Crippen molar-refractivity contribution in [3.63, 3.8) is 0 Å². The minimum absolute atomic E-state index is 0.0591. The zero-order valence-electron chi connectivity index (χ0n) is 23.4. The highest BCUT2D eigenvalue weighted by molar-refractivity contribution is 6.07. The van der Waals surface area contributed by atoms with Gasteiger partial charge in [0.05, 0.1) is 19.8 Å². The van der Waals surface area contributed by atoms with Crippen LogP contribution in [0.25, 0.3) is 6.08 Å². The highest BCUT2D eigenvalue weighted by Gasteiger charge is 2.08. The Hall–Kier alpha value is -2.75. The summed E-state index contributed by atoms with van der Waals surface area (Å²) in [5.41, 5.74) is 1.48. The van der Waals surface area contributed by atoms with E-state index in [1.807, 2.05) is 48.5 Å². The summed E-state index contributed by atoms with van der Waals surface area (Å²) in [6.07, 6.45) is 17.4. The van der Waals surface area contributed by atoms with E-state index in [4.69, 9.17) is 14.2 Å². The van der Waals surface area contributed by atoms with Gasteiger partial charge in [-0.1, -0.05) is 90.7 Å². The molecule has 4 nitrogen and oxygen atoms in total. The van der Waals surface area contributed by atoms with E-state index < -0.39 is 0 Å². The van der Waals surface area contributed by atoms with Gasteiger partial charge in [-0.05, 0) is 61.7 Å². The zero-order valence-corrected chi connectivity index (χ0v) is 23.4. The molecule has 2 rings (SSSR count). The second-order valence-electron chi connectivity index (χ2n) is 9.65. The van der Waals surface area contributed by atoms with Crippen molar-refractivity contribution >= 4 is 11.9 Å². The van der Waals surface area contributed by atoms with E-state index in [1.165, 1.54) is 51.4 Å². The number of benzene rings is 2. The monoisotopic (exact) mass is 508 g/mol. The molecule has 0 fully saturated rings. The summed E-state index contributed by atoms with van der Waals surface area (Å²) in [6, 6.07) is 13.3. The Balaban J connectivity index is 2.05. The number of carbonyl (C=O) groups is 1. The molecule has 0 unspecified atom stereocenters. The summed E-state index contributed by atoms with van der Waals surface area (Å²) in [5.74, 6) is 2.27.